The molecule has 0 radical (unpaired) electrons. The van der Waals surface area contributed by atoms with Crippen molar-refractivity contribution in [2.45, 2.75) is 26.7 Å². The van der Waals surface area contributed by atoms with Gasteiger partial charge in [0.2, 0.25) is 5.95 Å². The number of unbranched alkanes of at least 4 members (excludes halogenated alkanes) is 1. The number of hydrogen-bond donors (Lipinski definition) is 2. The van der Waals surface area contributed by atoms with Crippen molar-refractivity contribution in [3.05, 3.63) is 34.9 Å². The highest BCUT2D eigenvalue weighted by molar-refractivity contribution is 6.31. The number of benzene rings is 1. The molecule has 0 amide bonds. The Kier molecular flexibility index (Phi) is 4.79. The lowest BCUT2D eigenvalue weighted by Crippen LogP contribution is -2.06. The third-order valence-electron chi connectivity index (χ3n) is 3.12. The van der Waals surface area contributed by atoms with Crippen LogP contribution in [0.25, 0.3) is 11.3 Å². The summed E-state index contributed by atoms with van der Waals surface area (Å²) in [6.07, 6.45) is 2.23. The number of aromatic nitrogens is 2. The van der Waals surface area contributed by atoms with Gasteiger partial charge in [-0.05, 0) is 25.0 Å². The maximum absolute atomic E-state index is 6.16. The molecule has 5 heteroatoms. The Bertz CT molecular complexity index is 598. The minimum Gasteiger partial charge on any atom is -0.370 e. The van der Waals surface area contributed by atoms with Gasteiger partial charge in [-0.15, -0.1) is 0 Å². The van der Waals surface area contributed by atoms with Gasteiger partial charge >= 0.3 is 0 Å². The maximum Gasteiger partial charge on any atom is 0.222 e. The Morgan fingerprint density at radius 1 is 1.30 bits per heavy atom. The molecule has 1 aromatic heterocycles. The standard InChI is InChI=1S/C15H19ClN4/c1-3-4-8-18-14-9-13(19-15(17)20-14)11-6-5-7-12(16)10(11)2/h5-7,9H,3-4,8H2,1-2H3,(H3,17,18,19,20). The van der Waals surface area contributed by atoms with Gasteiger partial charge in [0.1, 0.15) is 5.82 Å². The predicted molar refractivity (Wildman–Crippen MR) is 85.0 cm³/mol. The molecule has 0 bridgehead atoms. The van der Waals surface area contributed by atoms with Crippen molar-refractivity contribution in [2.24, 2.45) is 0 Å². The monoisotopic (exact) mass is 290 g/mol. The van der Waals surface area contributed by atoms with Gasteiger partial charge in [-0.25, -0.2) is 4.98 Å². The topological polar surface area (TPSA) is 63.8 Å². The van der Waals surface area contributed by atoms with E-state index in [1.54, 1.807) is 0 Å². The van der Waals surface area contributed by atoms with Crippen LogP contribution in [-0.2, 0) is 0 Å². The van der Waals surface area contributed by atoms with Gasteiger partial charge in [0.25, 0.3) is 0 Å². The lowest BCUT2D eigenvalue weighted by molar-refractivity contribution is 0.831. The lowest BCUT2D eigenvalue weighted by Gasteiger charge is -2.10. The largest absolute Gasteiger partial charge is 0.370 e. The molecule has 1 heterocycles. The van der Waals surface area contributed by atoms with E-state index in [2.05, 4.69) is 22.2 Å². The fourth-order valence-electron chi connectivity index (χ4n) is 1.97. The summed E-state index contributed by atoms with van der Waals surface area (Å²) in [5.74, 6) is 1.01. The average molecular weight is 291 g/mol. The summed E-state index contributed by atoms with van der Waals surface area (Å²) >= 11 is 6.16. The van der Waals surface area contributed by atoms with E-state index >= 15 is 0 Å². The van der Waals surface area contributed by atoms with Gasteiger partial charge in [0.15, 0.2) is 0 Å². The molecule has 2 rings (SSSR count). The minimum atomic E-state index is 0.265. The molecule has 0 aliphatic heterocycles. The molecule has 106 valence electrons. The van der Waals surface area contributed by atoms with Crippen LogP contribution in [0.2, 0.25) is 5.02 Å². The van der Waals surface area contributed by atoms with Gasteiger partial charge in [-0.2, -0.15) is 4.98 Å². The molecule has 0 saturated carbocycles. The summed E-state index contributed by atoms with van der Waals surface area (Å²) in [7, 11) is 0. The molecule has 0 fully saturated rings. The smallest absolute Gasteiger partial charge is 0.222 e. The Labute approximate surface area is 124 Å². The normalized spacial score (nSPS) is 10.6. The van der Waals surface area contributed by atoms with Crippen LogP contribution in [0.15, 0.2) is 24.3 Å². The third-order valence-corrected chi connectivity index (χ3v) is 3.53. The molecule has 0 unspecified atom stereocenters. The fourth-order valence-corrected chi connectivity index (χ4v) is 2.15. The van der Waals surface area contributed by atoms with E-state index in [0.717, 1.165) is 47.0 Å². The second kappa shape index (κ2) is 6.57. The van der Waals surface area contributed by atoms with Crippen molar-refractivity contribution in [3.8, 4) is 11.3 Å². The van der Waals surface area contributed by atoms with E-state index in [-0.39, 0.29) is 5.95 Å². The first-order valence-electron chi connectivity index (χ1n) is 6.75. The molecular weight excluding hydrogens is 272 g/mol. The van der Waals surface area contributed by atoms with Crippen molar-refractivity contribution >= 4 is 23.4 Å². The van der Waals surface area contributed by atoms with Crippen LogP contribution in [0.1, 0.15) is 25.3 Å². The summed E-state index contributed by atoms with van der Waals surface area (Å²) in [4.78, 5) is 8.51. The van der Waals surface area contributed by atoms with E-state index < -0.39 is 0 Å². The number of nitrogens with zero attached hydrogens (tertiary/aromatic N) is 2. The fraction of sp³-hybridized carbons (Fsp3) is 0.333. The molecule has 0 aliphatic carbocycles. The van der Waals surface area contributed by atoms with Crippen LogP contribution in [0.4, 0.5) is 11.8 Å². The van der Waals surface area contributed by atoms with Crippen LogP contribution in [-0.4, -0.2) is 16.5 Å². The zero-order chi connectivity index (χ0) is 14.5. The number of nitrogen functional groups attached to an aromatic ring is 1. The van der Waals surface area contributed by atoms with Crippen molar-refractivity contribution in [1.29, 1.82) is 0 Å². The first kappa shape index (κ1) is 14.6. The van der Waals surface area contributed by atoms with Gasteiger partial charge in [-0.1, -0.05) is 37.1 Å². The summed E-state index contributed by atoms with van der Waals surface area (Å²) in [5, 5.41) is 3.99. The van der Waals surface area contributed by atoms with Crippen molar-refractivity contribution in [3.63, 3.8) is 0 Å². The highest BCUT2D eigenvalue weighted by Crippen LogP contribution is 2.28. The second-order valence-corrected chi connectivity index (χ2v) is 5.10. The van der Waals surface area contributed by atoms with Gasteiger partial charge < -0.3 is 11.1 Å². The van der Waals surface area contributed by atoms with Crippen LogP contribution < -0.4 is 11.1 Å². The maximum atomic E-state index is 6.16. The summed E-state index contributed by atoms with van der Waals surface area (Å²) in [6.45, 7) is 5.00. The van der Waals surface area contributed by atoms with Gasteiger partial charge in [-0.3, -0.25) is 0 Å². The minimum absolute atomic E-state index is 0.265. The molecule has 1 aromatic carbocycles. The third kappa shape index (κ3) is 3.39. The first-order chi connectivity index (χ1) is 9.61. The SMILES string of the molecule is CCCCNc1cc(-c2cccc(Cl)c2C)nc(N)n1. The molecule has 0 aliphatic rings. The summed E-state index contributed by atoms with van der Waals surface area (Å²) in [6, 6.07) is 7.67. The summed E-state index contributed by atoms with van der Waals surface area (Å²) in [5.41, 5.74) is 8.55. The zero-order valence-electron chi connectivity index (χ0n) is 11.8. The molecular formula is C15H19ClN4. The van der Waals surface area contributed by atoms with Gasteiger partial charge in [0.05, 0.1) is 5.69 Å². The van der Waals surface area contributed by atoms with Gasteiger partial charge in [0, 0.05) is 23.2 Å². The Morgan fingerprint density at radius 3 is 2.85 bits per heavy atom. The Morgan fingerprint density at radius 2 is 2.10 bits per heavy atom. The van der Waals surface area contributed by atoms with E-state index in [1.165, 1.54) is 0 Å². The Balaban J connectivity index is 2.34. The van der Waals surface area contributed by atoms with Crippen molar-refractivity contribution < 1.29 is 0 Å². The van der Waals surface area contributed by atoms with Crippen LogP contribution >= 0.6 is 11.6 Å². The van der Waals surface area contributed by atoms with Crippen LogP contribution in [0.3, 0.4) is 0 Å². The average Bonchev–Trinajstić information content (AvgIpc) is 2.41. The molecule has 0 atom stereocenters. The molecule has 20 heavy (non-hydrogen) atoms. The van der Waals surface area contributed by atoms with Crippen LogP contribution in [0, 0.1) is 6.92 Å². The van der Waals surface area contributed by atoms with E-state index in [4.69, 9.17) is 17.3 Å². The quantitative estimate of drug-likeness (QED) is 0.820. The number of nitrogens with two attached hydrogens (primary N) is 1. The van der Waals surface area contributed by atoms with E-state index in [1.807, 2.05) is 31.2 Å². The highest BCUT2D eigenvalue weighted by Gasteiger charge is 2.09. The highest BCUT2D eigenvalue weighted by atomic mass is 35.5. The number of anilines is 2. The molecule has 2 aromatic rings. The number of nitrogens with one attached hydrogen (secondary N) is 1. The predicted octanol–water partition coefficient (Wildman–Crippen LogP) is 3.90. The van der Waals surface area contributed by atoms with Crippen molar-refractivity contribution in [2.75, 3.05) is 17.6 Å². The lowest BCUT2D eigenvalue weighted by atomic mass is 10.1. The molecule has 4 nitrogen and oxygen atoms in total. The molecule has 3 N–H and O–H groups in total. The van der Waals surface area contributed by atoms with Crippen molar-refractivity contribution in [1.82, 2.24) is 9.97 Å². The number of halogens is 1. The summed E-state index contributed by atoms with van der Waals surface area (Å²) < 4.78 is 0. The van der Waals surface area contributed by atoms with Crippen LogP contribution in [0.5, 0.6) is 0 Å². The zero-order valence-corrected chi connectivity index (χ0v) is 12.5. The van der Waals surface area contributed by atoms with E-state index in [0.29, 0.717) is 0 Å². The number of hydrogen-bond acceptors (Lipinski definition) is 4. The Hall–Kier alpha value is -1.81. The second-order valence-electron chi connectivity index (χ2n) is 4.69. The first-order valence-corrected chi connectivity index (χ1v) is 7.13. The van der Waals surface area contributed by atoms with E-state index in [9.17, 15) is 0 Å². The molecule has 0 saturated heterocycles. The molecule has 0 spiro atoms. The number of rotatable bonds is 5.